The number of rotatable bonds is 7. The molecule has 0 spiro atoms. The van der Waals surface area contributed by atoms with Gasteiger partial charge in [0.1, 0.15) is 0 Å². The summed E-state index contributed by atoms with van der Waals surface area (Å²) in [6.45, 7) is 7.64. The number of amides is 1. The SMILES string of the molecule is CCc1ccc(CN(CCC(=O)N2CCNCC2)C2CC2)cc1. The Morgan fingerprint density at radius 3 is 2.43 bits per heavy atom. The average molecular weight is 315 g/mol. The summed E-state index contributed by atoms with van der Waals surface area (Å²) < 4.78 is 0. The average Bonchev–Trinajstić information content (AvgIpc) is 3.44. The topological polar surface area (TPSA) is 35.6 Å². The maximum Gasteiger partial charge on any atom is 0.223 e. The van der Waals surface area contributed by atoms with E-state index in [1.54, 1.807) is 0 Å². The summed E-state index contributed by atoms with van der Waals surface area (Å²) in [5, 5.41) is 3.30. The Morgan fingerprint density at radius 2 is 1.83 bits per heavy atom. The van der Waals surface area contributed by atoms with Gasteiger partial charge in [-0.1, -0.05) is 31.2 Å². The molecule has 1 N–H and O–H groups in total. The molecule has 0 radical (unpaired) electrons. The summed E-state index contributed by atoms with van der Waals surface area (Å²) in [4.78, 5) is 16.9. The molecule has 0 bridgehead atoms. The fourth-order valence-corrected chi connectivity index (χ4v) is 3.26. The van der Waals surface area contributed by atoms with Gasteiger partial charge in [-0.3, -0.25) is 9.69 Å². The lowest BCUT2D eigenvalue weighted by atomic mass is 10.1. The maximum atomic E-state index is 12.4. The van der Waals surface area contributed by atoms with Gasteiger partial charge in [0, 0.05) is 51.7 Å². The zero-order valence-electron chi connectivity index (χ0n) is 14.3. The molecule has 1 aliphatic heterocycles. The summed E-state index contributed by atoms with van der Waals surface area (Å²) in [6, 6.07) is 9.63. The van der Waals surface area contributed by atoms with E-state index in [1.807, 2.05) is 4.90 Å². The van der Waals surface area contributed by atoms with Crippen molar-refractivity contribution >= 4 is 5.91 Å². The van der Waals surface area contributed by atoms with Crippen LogP contribution in [0.2, 0.25) is 0 Å². The van der Waals surface area contributed by atoms with Gasteiger partial charge < -0.3 is 10.2 Å². The Balaban J connectivity index is 1.51. The van der Waals surface area contributed by atoms with E-state index >= 15 is 0 Å². The molecule has 3 rings (SSSR count). The minimum atomic E-state index is 0.318. The largest absolute Gasteiger partial charge is 0.340 e. The van der Waals surface area contributed by atoms with Crippen molar-refractivity contribution in [3.8, 4) is 0 Å². The van der Waals surface area contributed by atoms with Crippen molar-refractivity contribution in [1.82, 2.24) is 15.1 Å². The second kappa shape index (κ2) is 7.93. The molecular weight excluding hydrogens is 286 g/mol. The number of nitrogens with one attached hydrogen (secondary N) is 1. The highest BCUT2D eigenvalue weighted by Gasteiger charge is 2.29. The first-order chi connectivity index (χ1) is 11.3. The third-order valence-corrected chi connectivity index (χ3v) is 4.96. The van der Waals surface area contributed by atoms with E-state index in [4.69, 9.17) is 0 Å². The summed E-state index contributed by atoms with van der Waals surface area (Å²) in [7, 11) is 0. The van der Waals surface area contributed by atoms with E-state index in [2.05, 4.69) is 41.4 Å². The number of aryl methyl sites for hydroxylation is 1. The normalized spacial score (nSPS) is 18.4. The number of carbonyl (C=O) groups excluding carboxylic acids is 1. The summed E-state index contributed by atoms with van der Waals surface area (Å²) in [5.74, 6) is 0.318. The number of carbonyl (C=O) groups is 1. The van der Waals surface area contributed by atoms with Crippen molar-refractivity contribution in [2.24, 2.45) is 0 Å². The van der Waals surface area contributed by atoms with Crippen molar-refractivity contribution < 1.29 is 4.79 Å². The van der Waals surface area contributed by atoms with Crippen LogP contribution in [0, 0.1) is 0 Å². The van der Waals surface area contributed by atoms with Crippen molar-refractivity contribution in [2.75, 3.05) is 32.7 Å². The Hall–Kier alpha value is -1.39. The van der Waals surface area contributed by atoms with Crippen LogP contribution in [0.3, 0.4) is 0 Å². The summed E-state index contributed by atoms with van der Waals surface area (Å²) in [6.07, 6.45) is 4.32. The van der Waals surface area contributed by atoms with Crippen molar-refractivity contribution in [1.29, 1.82) is 0 Å². The van der Waals surface area contributed by atoms with Crippen LogP contribution in [-0.2, 0) is 17.8 Å². The fraction of sp³-hybridized carbons (Fsp3) is 0.632. The first kappa shape index (κ1) is 16.5. The second-order valence-corrected chi connectivity index (χ2v) is 6.75. The predicted molar refractivity (Wildman–Crippen MR) is 93.3 cm³/mol. The van der Waals surface area contributed by atoms with Crippen molar-refractivity contribution in [3.05, 3.63) is 35.4 Å². The third-order valence-electron chi connectivity index (χ3n) is 4.96. The van der Waals surface area contributed by atoms with Gasteiger partial charge in [-0.05, 0) is 30.4 Å². The van der Waals surface area contributed by atoms with Gasteiger partial charge in [0.25, 0.3) is 0 Å². The van der Waals surface area contributed by atoms with Gasteiger partial charge in [-0.25, -0.2) is 0 Å². The highest BCUT2D eigenvalue weighted by Crippen LogP contribution is 2.28. The van der Waals surface area contributed by atoms with E-state index in [9.17, 15) is 4.79 Å². The van der Waals surface area contributed by atoms with E-state index < -0.39 is 0 Å². The van der Waals surface area contributed by atoms with E-state index in [0.29, 0.717) is 18.4 Å². The van der Waals surface area contributed by atoms with Crippen molar-refractivity contribution in [2.45, 2.75) is 45.2 Å². The van der Waals surface area contributed by atoms with Gasteiger partial charge in [-0.2, -0.15) is 0 Å². The molecule has 0 atom stereocenters. The molecule has 23 heavy (non-hydrogen) atoms. The molecule has 0 aromatic heterocycles. The molecule has 1 saturated carbocycles. The zero-order valence-corrected chi connectivity index (χ0v) is 14.3. The molecule has 1 heterocycles. The maximum absolute atomic E-state index is 12.4. The zero-order chi connectivity index (χ0) is 16.1. The Kier molecular flexibility index (Phi) is 5.68. The Morgan fingerprint density at radius 1 is 1.17 bits per heavy atom. The third kappa shape index (κ3) is 4.79. The van der Waals surface area contributed by atoms with E-state index in [1.165, 1.54) is 24.0 Å². The van der Waals surface area contributed by atoms with Gasteiger partial charge in [0.05, 0.1) is 0 Å². The summed E-state index contributed by atoms with van der Waals surface area (Å²) >= 11 is 0. The van der Waals surface area contributed by atoms with Gasteiger partial charge in [-0.15, -0.1) is 0 Å². The Bertz CT molecular complexity index is 504. The van der Waals surface area contributed by atoms with Crippen molar-refractivity contribution in [3.63, 3.8) is 0 Å². The number of nitrogens with zero attached hydrogens (tertiary/aromatic N) is 2. The molecule has 1 aromatic carbocycles. The fourth-order valence-electron chi connectivity index (χ4n) is 3.26. The minimum Gasteiger partial charge on any atom is -0.340 e. The molecule has 126 valence electrons. The van der Waals surface area contributed by atoms with Gasteiger partial charge in [0.15, 0.2) is 0 Å². The Labute approximate surface area is 139 Å². The van der Waals surface area contributed by atoms with Crippen LogP contribution in [-0.4, -0.2) is 54.5 Å². The molecule has 1 aromatic rings. The van der Waals surface area contributed by atoms with Crippen LogP contribution >= 0.6 is 0 Å². The lowest BCUT2D eigenvalue weighted by Gasteiger charge is -2.29. The van der Waals surface area contributed by atoms with E-state index in [-0.39, 0.29) is 0 Å². The lowest BCUT2D eigenvalue weighted by molar-refractivity contribution is -0.132. The first-order valence-corrected chi connectivity index (χ1v) is 9.06. The highest BCUT2D eigenvalue weighted by atomic mass is 16.2. The molecule has 1 amide bonds. The predicted octanol–water partition coefficient (Wildman–Crippen LogP) is 2.04. The number of piperazine rings is 1. The first-order valence-electron chi connectivity index (χ1n) is 9.06. The summed E-state index contributed by atoms with van der Waals surface area (Å²) in [5.41, 5.74) is 2.75. The minimum absolute atomic E-state index is 0.318. The highest BCUT2D eigenvalue weighted by molar-refractivity contribution is 5.76. The molecule has 1 saturated heterocycles. The molecule has 4 nitrogen and oxygen atoms in total. The molecule has 2 fully saturated rings. The van der Waals surface area contributed by atoms with Gasteiger partial charge >= 0.3 is 0 Å². The quantitative estimate of drug-likeness (QED) is 0.836. The second-order valence-electron chi connectivity index (χ2n) is 6.75. The monoisotopic (exact) mass is 315 g/mol. The van der Waals surface area contributed by atoms with Crippen LogP contribution in [0.15, 0.2) is 24.3 Å². The molecule has 2 aliphatic rings. The lowest BCUT2D eigenvalue weighted by Crippen LogP contribution is -2.47. The molecule has 1 aliphatic carbocycles. The smallest absolute Gasteiger partial charge is 0.223 e. The van der Waals surface area contributed by atoms with E-state index in [0.717, 1.165) is 45.7 Å². The van der Waals surface area contributed by atoms with Crippen LogP contribution in [0.1, 0.15) is 37.3 Å². The van der Waals surface area contributed by atoms with Crippen LogP contribution in [0.25, 0.3) is 0 Å². The van der Waals surface area contributed by atoms with Crippen LogP contribution in [0.4, 0.5) is 0 Å². The van der Waals surface area contributed by atoms with Crippen LogP contribution < -0.4 is 5.32 Å². The van der Waals surface area contributed by atoms with Gasteiger partial charge in [0.2, 0.25) is 5.91 Å². The molecule has 0 unspecified atom stereocenters. The number of hydrogen-bond donors (Lipinski definition) is 1. The standard InChI is InChI=1S/C19H29N3O/c1-2-16-3-5-17(6-4-16)15-22(18-7-8-18)12-9-19(23)21-13-10-20-11-14-21/h3-6,18,20H,2,7-15H2,1H3. The molecule has 4 heteroatoms. The van der Waals surface area contributed by atoms with Crippen LogP contribution in [0.5, 0.6) is 0 Å². The number of hydrogen-bond acceptors (Lipinski definition) is 3. The number of benzene rings is 1. The molecular formula is C19H29N3O.